The third-order valence-corrected chi connectivity index (χ3v) is 4.57. The van der Waals surface area contributed by atoms with Gasteiger partial charge < -0.3 is 9.73 Å². The molecule has 1 aliphatic rings. The van der Waals surface area contributed by atoms with E-state index in [0.717, 1.165) is 35.4 Å². The van der Waals surface area contributed by atoms with Crippen LogP contribution in [0.1, 0.15) is 30.0 Å². The van der Waals surface area contributed by atoms with E-state index in [1.165, 1.54) is 5.56 Å². The van der Waals surface area contributed by atoms with Crippen LogP contribution in [0, 0.1) is 0 Å². The molecule has 3 aromatic rings. The van der Waals surface area contributed by atoms with Crippen LogP contribution in [0.5, 0.6) is 0 Å². The Morgan fingerprint density at radius 3 is 3.16 bits per heavy atom. The number of carbonyl (C=O) groups excluding carboxylic acids is 1. The van der Waals surface area contributed by atoms with E-state index >= 15 is 0 Å². The second-order valence-corrected chi connectivity index (χ2v) is 6.43. The molecule has 0 bridgehead atoms. The number of carbonyl (C=O) groups is 1. The third kappa shape index (κ3) is 3.39. The number of amides is 1. The lowest BCUT2D eigenvalue weighted by Crippen LogP contribution is -2.40. The zero-order valence-corrected chi connectivity index (χ0v) is 14.1. The minimum Gasteiger partial charge on any atom is -0.459 e. The summed E-state index contributed by atoms with van der Waals surface area (Å²) in [5, 5.41) is 4.07. The van der Waals surface area contributed by atoms with E-state index in [1.54, 1.807) is 6.33 Å². The van der Waals surface area contributed by atoms with Crippen molar-refractivity contribution in [3.63, 3.8) is 0 Å². The zero-order chi connectivity index (χ0) is 17.2. The number of benzene rings is 1. The average Bonchev–Trinajstić information content (AvgIpc) is 3.06. The van der Waals surface area contributed by atoms with Crippen LogP contribution in [-0.2, 0) is 17.8 Å². The maximum Gasteiger partial charge on any atom is 0.234 e. The van der Waals surface area contributed by atoms with Crippen molar-refractivity contribution in [2.75, 3.05) is 13.1 Å². The number of aromatic nitrogens is 2. The van der Waals surface area contributed by atoms with E-state index in [2.05, 4.69) is 20.2 Å². The van der Waals surface area contributed by atoms with E-state index in [-0.39, 0.29) is 11.9 Å². The van der Waals surface area contributed by atoms with Crippen LogP contribution >= 0.6 is 0 Å². The highest BCUT2D eigenvalue weighted by molar-refractivity contribution is 5.80. The second-order valence-electron chi connectivity index (χ2n) is 6.43. The van der Waals surface area contributed by atoms with Gasteiger partial charge in [0.1, 0.15) is 17.7 Å². The summed E-state index contributed by atoms with van der Waals surface area (Å²) in [5.74, 6) is 0.761. The Kier molecular flexibility index (Phi) is 4.19. The first-order valence-electron chi connectivity index (χ1n) is 8.47. The van der Waals surface area contributed by atoms with Crippen LogP contribution in [0.4, 0.5) is 0 Å². The van der Waals surface area contributed by atoms with Crippen LogP contribution in [0.3, 0.4) is 0 Å². The van der Waals surface area contributed by atoms with Gasteiger partial charge in [-0.2, -0.15) is 0 Å². The smallest absolute Gasteiger partial charge is 0.234 e. The molecule has 0 saturated heterocycles. The summed E-state index contributed by atoms with van der Waals surface area (Å²) in [5.41, 5.74) is 3.03. The van der Waals surface area contributed by atoms with Crippen LogP contribution in [0.2, 0.25) is 0 Å². The van der Waals surface area contributed by atoms with E-state index in [0.29, 0.717) is 13.1 Å². The molecule has 25 heavy (non-hydrogen) atoms. The van der Waals surface area contributed by atoms with Crippen LogP contribution in [0.15, 0.2) is 47.3 Å². The van der Waals surface area contributed by atoms with Gasteiger partial charge in [0.2, 0.25) is 5.91 Å². The summed E-state index contributed by atoms with van der Waals surface area (Å²) >= 11 is 0. The summed E-state index contributed by atoms with van der Waals surface area (Å²) in [6.07, 6.45) is 4.30. The molecule has 3 heterocycles. The van der Waals surface area contributed by atoms with Crippen molar-refractivity contribution in [3.05, 3.63) is 59.9 Å². The van der Waals surface area contributed by atoms with Crippen molar-refractivity contribution in [1.29, 1.82) is 0 Å². The lowest BCUT2D eigenvalue weighted by Gasteiger charge is -2.27. The van der Waals surface area contributed by atoms with Gasteiger partial charge in [-0.25, -0.2) is 9.97 Å². The van der Waals surface area contributed by atoms with E-state index in [9.17, 15) is 4.79 Å². The van der Waals surface area contributed by atoms with Gasteiger partial charge in [-0.05, 0) is 31.0 Å². The zero-order valence-electron chi connectivity index (χ0n) is 14.1. The Morgan fingerprint density at radius 1 is 1.40 bits per heavy atom. The molecule has 1 amide bonds. The molecule has 6 nitrogen and oxygen atoms in total. The molecule has 6 heteroatoms. The highest BCUT2D eigenvalue weighted by Crippen LogP contribution is 2.23. The molecule has 128 valence electrons. The van der Waals surface area contributed by atoms with Crippen molar-refractivity contribution in [2.45, 2.75) is 25.9 Å². The highest BCUT2D eigenvalue weighted by atomic mass is 16.3. The fourth-order valence-electron chi connectivity index (χ4n) is 3.22. The van der Waals surface area contributed by atoms with E-state index < -0.39 is 0 Å². The topological polar surface area (TPSA) is 71.3 Å². The molecule has 0 radical (unpaired) electrons. The molecule has 0 saturated carbocycles. The average molecular weight is 336 g/mol. The number of nitrogens with zero attached hydrogens (tertiary/aromatic N) is 3. The van der Waals surface area contributed by atoms with Gasteiger partial charge in [0.25, 0.3) is 0 Å². The van der Waals surface area contributed by atoms with Gasteiger partial charge in [0, 0.05) is 24.7 Å². The molecule has 0 spiro atoms. The molecule has 0 fully saturated rings. The fourth-order valence-corrected chi connectivity index (χ4v) is 3.22. The minimum atomic E-state index is -0.167. The number of nitrogens with one attached hydrogen (secondary N) is 1. The van der Waals surface area contributed by atoms with Gasteiger partial charge in [-0.1, -0.05) is 18.2 Å². The van der Waals surface area contributed by atoms with Crippen molar-refractivity contribution < 1.29 is 9.21 Å². The summed E-state index contributed by atoms with van der Waals surface area (Å²) < 4.78 is 5.82. The van der Waals surface area contributed by atoms with Crippen LogP contribution in [0.25, 0.3) is 11.0 Å². The number of fused-ring (bicyclic) bond motifs is 2. The van der Waals surface area contributed by atoms with Crippen molar-refractivity contribution in [3.8, 4) is 0 Å². The maximum absolute atomic E-state index is 12.4. The third-order valence-electron chi connectivity index (χ3n) is 4.57. The Hall–Kier alpha value is -2.73. The maximum atomic E-state index is 12.4. The van der Waals surface area contributed by atoms with Gasteiger partial charge in [0.15, 0.2) is 0 Å². The second kappa shape index (κ2) is 6.64. The van der Waals surface area contributed by atoms with Gasteiger partial charge in [0.05, 0.1) is 18.3 Å². The predicted molar refractivity (Wildman–Crippen MR) is 93.8 cm³/mol. The molecule has 0 unspecified atom stereocenters. The minimum absolute atomic E-state index is 0.00883. The fraction of sp³-hybridized carbons (Fsp3) is 0.316. The normalized spacial score (nSPS) is 15.7. The predicted octanol–water partition coefficient (Wildman–Crippen LogP) is 2.46. The first-order chi connectivity index (χ1) is 12.2. The SMILES string of the molecule is C[C@H](NC(=O)CN1CCc2cncnc2C1)c1cc2ccccc2o1. The molecular formula is C19H20N4O2. The summed E-state index contributed by atoms with van der Waals surface area (Å²) in [6.45, 7) is 3.82. The van der Waals surface area contributed by atoms with Crippen LogP contribution in [-0.4, -0.2) is 33.9 Å². The van der Waals surface area contributed by atoms with E-state index in [4.69, 9.17) is 4.42 Å². The quantitative estimate of drug-likeness (QED) is 0.792. The summed E-state index contributed by atoms with van der Waals surface area (Å²) in [7, 11) is 0. The number of furan rings is 1. The molecule has 1 atom stereocenters. The molecule has 2 aromatic heterocycles. The van der Waals surface area contributed by atoms with Crippen molar-refractivity contribution in [2.24, 2.45) is 0 Å². The standard InChI is InChI=1S/C19H20N4O2/c1-13(18-8-14-4-2-3-5-17(14)25-18)22-19(24)11-23-7-6-15-9-20-12-21-16(15)10-23/h2-5,8-9,12-13H,6-7,10-11H2,1H3,(H,22,24)/t13-/m0/s1. The first kappa shape index (κ1) is 15.8. The Bertz CT molecular complexity index is 872. The molecule has 1 aromatic carbocycles. The molecular weight excluding hydrogens is 316 g/mol. The molecule has 0 aliphatic carbocycles. The van der Waals surface area contributed by atoms with Crippen LogP contribution < -0.4 is 5.32 Å². The molecule has 1 aliphatic heterocycles. The largest absolute Gasteiger partial charge is 0.459 e. The van der Waals surface area contributed by atoms with E-state index in [1.807, 2.05) is 43.5 Å². The van der Waals surface area contributed by atoms with Crippen molar-refractivity contribution >= 4 is 16.9 Å². The Labute approximate surface area is 145 Å². The number of hydrogen-bond donors (Lipinski definition) is 1. The summed E-state index contributed by atoms with van der Waals surface area (Å²) in [6, 6.07) is 9.66. The lowest BCUT2D eigenvalue weighted by molar-refractivity contribution is -0.123. The van der Waals surface area contributed by atoms with Gasteiger partial charge in [-0.3, -0.25) is 9.69 Å². The molecule has 1 N–H and O–H groups in total. The molecule has 4 rings (SSSR count). The lowest BCUT2D eigenvalue weighted by atomic mass is 10.1. The van der Waals surface area contributed by atoms with Gasteiger partial charge in [-0.15, -0.1) is 0 Å². The number of rotatable bonds is 4. The van der Waals surface area contributed by atoms with Crippen molar-refractivity contribution in [1.82, 2.24) is 20.2 Å². The number of para-hydroxylation sites is 1. The number of hydrogen-bond acceptors (Lipinski definition) is 5. The first-order valence-corrected chi connectivity index (χ1v) is 8.47. The Morgan fingerprint density at radius 2 is 2.28 bits per heavy atom. The summed E-state index contributed by atoms with van der Waals surface area (Å²) in [4.78, 5) is 22.9. The monoisotopic (exact) mass is 336 g/mol. The highest BCUT2D eigenvalue weighted by Gasteiger charge is 2.21. The Balaban J connectivity index is 1.37. The van der Waals surface area contributed by atoms with Gasteiger partial charge >= 0.3 is 0 Å².